The Morgan fingerprint density at radius 2 is 2.12 bits per heavy atom. The van der Waals surface area contributed by atoms with Gasteiger partial charge in [0.2, 0.25) is 0 Å². The highest BCUT2D eigenvalue weighted by Crippen LogP contribution is 2.10. The molecule has 1 amide bonds. The molecular weight excluding hydrogens is 212 g/mol. The minimum Gasteiger partial charge on any atom is -0.480 e. The molecule has 6 heteroatoms. The highest BCUT2D eigenvalue weighted by molar-refractivity contribution is 5.77. The highest BCUT2D eigenvalue weighted by Gasteiger charge is 2.28. The highest BCUT2D eigenvalue weighted by atomic mass is 16.6. The van der Waals surface area contributed by atoms with E-state index in [1.165, 1.54) is 11.1 Å². The quantitative estimate of drug-likeness (QED) is 0.682. The second-order valence-corrected chi connectivity index (χ2v) is 4.48. The second-order valence-electron chi connectivity index (χ2n) is 4.48. The van der Waals surface area contributed by atoms with Crippen LogP contribution in [-0.2, 0) is 9.53 Å². The molecule has 1 rings (SSSR count). The molecule has 1 aliphatic heterocycles. The van der Waals surface area contributed by atoms with Crippen LogP contribution in [0.1, 0.15) is 20.8 Å². The van der Waals surface area contributed by atoms with Crippen LogP contribution in [0.4, 0.5) is 4.79 Å². The van der Waals surface area contributed by atoms with Gasteiger partial charge >= 0.3 is 12.1 Å². The minimum absolute atomic E-state index is 0.357. The van der Waals surface area contributed by atoms with E-state index >= 15 is 0 Å². The van der Waals surface area contributed by atoms with Crippen LogP contribution < -0.4 is 5.43 Å². The summed E-state index contributed by atoms with van der Waals surface area (Å²) in [7, 11) is 0. The van der Waals surface area contributed by atoms with Crippen LogP contribution in [0.5, 0.6) is 0 Å². The summed E-state index contributed by atoms with van der Waals surface area (Å²) in [6.07, 6.45) is 2.54. The van der Waals surface area contributed by atoms with Gasteiger partial charge in [-0.1, -0.05) is 12.2 Å². The molecule has 0 bridgehead atoms. The number of carbonyl (C=O) groups is 2. The molecule has 1 atom stereocenters. The predicted molar refractivity (Wildman–Crippen MR) is 56.6 cm³/mol. The van der Waals surface area contributed by atoms with Crippen molar-refractivity contribution in [2.75, 3.05) is 6.54 Å². The zero-order valence-corrected chi connectivity index (χ0v) is 9.56. The molecule has 0 spiro atoms. The molecule has 0 aliphatic carbocycles. The van der Waals surface area contributed by atoms with Crippen LogP contribution >= 0.6 is 0 Å². The standard InChI is InChI=1S/C10H16N2O4/c1-10(2,3)16-9(15)11-12-6-4-5-7(12)8(13)14/h4-5,7H,6H2,1-3H3,(H,11,15)(H,13,14)/t7-/m0/s1. The van der Waals surface area contributed by atoms with Gasteiger partial charge in [-0.2, -0.15) is 5.01 Å². The number of nitrogens with one attached hydrogen (secondary N) is 1. The second kappa shape index (κ2) is 4.52. The van der Waals surface area contributed by atoms with E-state index in [1.807, 2.05) is 0 Å². The van der Waals surface area contributed by atoms with Gasteiger partial charge in [-0.3, -0.25) is 10.2 Å². The lowest BCUT2D eigenvalue weighted by Crippen LogP contribution is -2.50. The first-order chi connectivity index (χ1) is 7.29. The lowest BCUT2D eigenvalue weighted by atomic mass is 10.2. The number of amides is 1. The topological polar surface area (TPSA) is 78.9 Å². The van der Waals surface area contributed by atoms with E-state index in [0.29, 0.717) is 6.54 Å². The third kappa shape index (κ3) is 3.54. The van der Waals surface area contributed by atoms with Crippen LogP contribution in [0.3, 0.4) is 0 Å². The molecule has 0 unspecified atom stereocenters. The number of nitrogens with zero attached hydrogens (tertiary/aromatic N) is 1. The maximum absolute atomic E-state index is 11.4. The number of carbonyl (C=O) groups excluding carboxylic acids is 1. The van der Waals surface area contributed by atoms with E-state index < -0.39 is 23.7 Å². The fraction of sp³-hybridized carbons (Fsp3) is 0.600. The summed E-state index contributed by atoms with van der Waals surface area (Å²) in [5.41, 5.74) is 1.79. The van der Waals surface area contributed by atoms with Crippen molar-refractivity contribution in [3.63, 3.8) is 0 Å². The van der Waals surface area contributed by atoms with Crippen molar-refractivity contribution in [3.8, 4) is 0 Å². The molecule has 0 saturated heterocycles. The molecule has 16 heavy (non-hydrogen) atoms. The van der Waals surface area contributed by atoms with Crippen molar-refractivity contribution in [1.82, 2.24) is 10.4 Å². The molecule has 90 valence electrons. The van der Waals surface area contributed by atoms with Crippen molar-refractivity contribution in [3.05, 3.63) is 12.2 Å². The van der Waals surface area contributed by atoms with Crippen molar-refractivity contribution in [2.24, 2.45) is 0 Å². The molecule has 0 radical (unpaired) electrons. The van der Waals surface area contributed by atoms with E-state index in [2.05, 4.69) is 5.43 Å². The van der Waals surface area contributed by atoms with E-state index in [4.69, 9.17) is 9.84 Å². The summed E-state index contributed by atoms with van der Waals surface area (Å²) >= 11 is 0. The Balaban J connectivity index is 2.49. The molecule has 0 saturated carbocycles. The summed E-state index contributed by atoms with van der Waals surface area (Å²) in [6, 6.07) is -0.826. The average Bonchev–Trinajstić information content (AvgIpc) is 2.47. The summed E-state index contributed by atoms with van der Waals surface area (Å²) in [5, 5.41) is 10.1. The molecule has 0 aromatic heterocycles. The SMILES string of the molecule is CC(C)(C)OC(=O)NN1CC=C[C@H]1C(=O)O. The lowest BCUT2D eigenvalue weighted by Gasteiger charge is -2.25. The maximum atomic E-state index is 11.4. The summed E-state index contributed by atoms with van der Waals surface area (Å²) in [4.78, 5) is 22.2. The third-order valence-electron chi connectivity index (χ3n) is 1.84. The van der Waals surface area contributed by atoms with E-state index in [1.54, 1.807) is 26.8 Å². The van der Waals surface area contributed by atoms with E-state index in [0.717, 1.165) is 0 Å². The number of hydrogen-bond donors (Lipinski definition) is 2. The maximum Gasteiger partial charge on any atom is 0.422 e. The number of ether oxygens (including phenoxy) is 1. The number of rotatable bonds is 2. The molecule has 0 aromatic carbocycles. The van der Waals surface area contributed by atoms with Gasteiger partial charge in [-0.25, -0.2) is 4.79 Å². The Kier molecular flexibility index (Phi) is 3.54. The molecule has 2 N–H and O–H groups in total. The molecule has 0 fully saturated rings. The largest absolute Gasteiger partial charge is 0.480 e. The lowest BCUT2D eigenvalue weighted by molar-refractivity contribution is -0.141. The Morgan fingerprint density at radius 1 is 1.50 bits per heavy atom. The average molecular weight is 228 g/mol. The first kappa shape index (κ1) is 12.5. The molecular formula is C10H16N2O4. The van der Waals surface area contributed by atoms with Crippen LogP contribution in [0.2, 0.25) is 0 Å². The van der Waals surface area contributed by atoms with Gasteiger partial charge in [-0.05, 0) is 20.8 Å². The van der Waals surface area contributed by atoms with E-state index in [9.17, 15) is 9.59 Å². The zero-order chi connectivity index (χ0) is 12.3. The van der Waals surface area contributed by atoms with Gasteiger partial charge in [0, 0.05) is 6.54 Å². The van der Waals surface area contributed by atoms with Crippen LogP contribution in [0, 0.1) is 0 Å². The Morgan fingerprint density at radius 3 is 2.62 bits per heavy atom. The summed E-state index contributed by atoms with van der Waals surface area (Å²) in [5.74, 6) is -1.01. The molecule has 1 heterocycles. The number of aliphatic carboxylic acids is 1. The number of carboxylic acid groups (broad SMARTS) is 1. The molecule has 6 nitrogen and oxygen atoms in total. The zero-order valence-electron chi connectivity index (χ0n) is 9.56. The van der Waals surface area contributed by atoms with Crippen LogP contribution in [-0.4, -0.2) is 40.4 Å². The van der Waals surface area contributed by atoms with Crippen molar-refractivity contribution in [1.29, 1.82) is 0 Å². The van der Waals surface area contributed by atoms with Gasteiger partial charge in [0.05, 0.1) is 0 Å². The van der Waals surface area contributed by atoms with Gasteiger partial charge < -0.3 is 9.84 Å². The molecule has 0 aromatic rings. The first-order valence-electron chi connectivity index (χ1n) is 4.95. The third-order valence-corrected chi connectivity index (χ3v) is 1.84. The number of hydrogen-bond acceptors (Lipinski definition) is 4. The van der Waals surface area contributed by atoms with Crippen LogP contribution in [0.25, 0.3) is 0 Å². The van der Waals surface area contributed by atoms with Crippen molar-refractivity contribution >= 4 is 12.1 Å². The smallest absolute Gasteiger partial charge is 0.422 e. The van der Waals surface area contributed by atoms with Gasteiger partial charge in [0.1, 0.15) is 11.6 Å². The first-order valence-corrected chi connectivity index (χ1v) is 4.95. The van der Waals surface area contributed by atoms with E-state index in [-0.39, 0.29) is 0 Å². The van der Waals surface area contributed by atoms with Gasteiger partial charge in [-0.15, -0.1) is 0 Å². The fourth-order valence-corrected chi connectivity index (χ4v) is 1.27. The van der Waals surface area contributed by atoms with Crippen molar-refractivity contribution < 1.29 is 19.4 Å². The minimum atomic E-state index is -1.01. The number of carboxylic acids is 1. The van der Waals surface area contributed by atoms with Gasteiger partial charge in [0.15, 0.2) is 0 Å². The van der Waals surface area contributed by atoms with Gasteiger partial charge in [0.25, 0.3) is 0 Å². The predicted octanol–water partition coefficient (Wildman–Crippen LogP) is 0.751. The monoisotopic (exact) mass is 228 g/mol. The Labute approximate surface area is 93.8 Å². The Bertz CT molecular complexity index is 319. The summed E-state index contributed by atoms with van der Waals surface area (Å²) in [6.45, 7) is 5.58. The normalized spacial score (nSPS) is 20.8. The number of hydrazine groups is 1. The fourth-order valence-electron chi connectivity index (χ4n) is 1.27. The van der Waals surface area contributed by atoms with Crippen LogP contribution in [0.15, 0.2) is 12.2 Å². The van der Waals surface area contributed by atoms with Crippen molar-refractivity contribution in [2.45, 2.75) is 32.4 Å². The summed E-state index contributed by atoms with van der Waals surface area (Å²) < 4.78 is 5.02. The molecule has 1 aliphatic rings. The Hall–Kier alpha value is -1.56.